The number of nitrogens with zero attached hydrogens (tertiary/aromatic N) is 1. The van der Waals surface area contributed by atoms with Gasteiger partial charge >= 0.3 is 0 Å². The van der Waals surface area contributed by atoms with Gasteiger partial charge in [-0.2, -0.15) is 0 Å². The summed E-state index contributed by atoms with van der Waals surface area (Å²) in [6.07, 6.45) is 2.14. The normalized spacial score (nSPS) is 17.0. The first-order chi connectivity index (χ1) is 12.1. The van der Waals surface area contributed by atoms with Crippen LogP contribution in [0.5, 0.6) is 0 Å². The first-order valence-corrected chi connectivity index (χ1v) is 10.8. The van der Waals surface area contributed by atoms with E-state index in [-0.39, 0.29) is 12.6 Å². The second-order valence-corrected chi connectivity index (χ2v) is 9.46. The van der Waals surface area contributed by atoms with E-state index in [9.17, 15) is 8.42 Å². The summed E-state index contributed by atoms with van der Waals surface area (Å²) < 4.78 is 28.2. The van der Waals surface area contributed by atoms with Gasteiger partial charge in [0, 0.05) is 43.6 Å². The van der Waals surface area contributed by atoms with Crippen molar-refractivity contribution < 1.29 is 13.5 Å². The molecule has 5 nitrogen and oxygen atoms in total. The van der Waals surface area contributed by atoms with Crippen molar-refractivity contribution in [1.29, 1.82) is 0 Å². The molecule has 1 saturated heterocycles. The fraction of sp³-hybridized carbons (Fsp3) is 0.444. The Bertz CT molecular complexity index is 767. The summed E-state index contributed by atoms with van der Waals surface area (Å²) in [5, 5.41) is 8.96. The highest BCUT2D eigenvalue weighted by Gasteiger charge is 2.25. The van der Waals surface area contributed by atoms with E-state index in [2.05, 4.69) is 21.8 Å². The van der Waals surface area contributed by atoms with Crippen molar-refractivity contribution >= 4 is 21.4 Å². The van der Waals surface area contributed by atoms with Gasteiger partial charge in [-0.1, -0.05) is 30.3 Å². The fourth-order valence-corrected chi connectivity index (χ4v) is 5.74. The number of piperidine rings is 1. The van der Waals surface area contributed by atoms with Crippen LogP contribution in [0.4, 0.5) is 0 Å². The van der Waals surface area contributed by atoms with Crippen molar-refractivity contribution in [2.24, 2.45) is 0 Å². The van der Waals surface area contributed by atoms with Crippen LogP contribution in [0.25, 0.3) is 0 Å². The molecule has 2 heterocycles. The van der Waals surface area contributed by atoms with Gasteiger partial charge in [0.15, 0.2) is 0 Å². The Morgan fingerprint density at radius 2 is 1.84 bits per heavy atom. The van der Waals surface area contributed by atoms with Crippen molar-refractivity contribution in [3.05, 3.63) is 52.9 Å². The van der Waals surface area contributed by atoms with Gasteiger partial charge in [0.1, 0.15) is 4.21 Å². The number of likely N-dealkylation sites (tertiary alicyclic amines) is 1. The molecule has 136 valence electrons. The van der Waals surface area contributed by atoms with Crippen LogP contribution in [0.3, 0.4) is 0 Å². The molecule has 2 aromatic rings. The summed E-state index contributed by atoms with van der Waals surface area (Å²) in [5.74, 6) is 0. The Balaban J connectivity index is 1.52. The maximum absolute atomic E-state index is 12.5. The fourth-order valence-electron chi connectivity index (χ4n) is 3.08. The lowest BCUT2D eigenvalue weighted by Crippen LogP contribution is -2.44. The molecule has 0 bridgehead atoms. The van der Waals surface area contributed by atoms with Crippen LogP contribution in [0.15, 0.2) is 46.7 Å². The van der Waals surface area contributed by atoms with Crippen molar-refractivity contribution in [3.63, 3.8) is 0 Å². The Morgan fingerprint density at radius 3 is 2.52 bits per heavy atom. The zero-order chi connectivity index (χ0) is 17.7. The van der Waals surface area contributed by atoms with E-state index in [1.165, 1.54) is 16.9 Å². The van der Waals surface area contributed by atoms with Crippen molar-refractivity contribution in [1.82, 2.24) is 9.62 Å². The van der Waals surface area contributed by atoms with Crippen LogP contribution in [0.2, 0.25) is 0 Å². The third-order valence-electron chi connectivity index (χ3n) is 4.42. The molecule has 1 aromatic carbocycles. The summed E-state index contributed by atoms with van der Waals surface area (Å²) >= 11 is 1.23. The van der Waals surface area contributed by atoms with Crippen LogP contribution < -0.4 is 4.72 Å². The third kappa shape index (κ3) is 5.12. The SMILES string of the molecule is O=S(=O)(NC1CCN(Cc2ccccc2)CC1)c1ccc(CCO)s1. The average molecular weight is 381 g/mol. The van der Waals surface area contributed by atoms with Gasteiger partial charge in [-0.05, 0) is 30.5 Å². The molecule has 0 atom stereocenters. The Morgan fingerprint density at radius 1 is 1.12 bits per heavy atom. The molecule has 1 aliphatic heterocycles. The lowest BCUT2D eigenvalue weighted by Gasteiger charge is -2.32. The highest BCUT2D eigenvalue weighted by molar-refractivity contribution is 7.91. The van der Waals surface area contributed by atoms with E-state index < -0.39 is 10.0 Å². The molecule has 1 aliphatic rings. The van der Waals surface area contributed by atoms with E-state index in [1.54, 1.807) is 12.1 Å². The quantitative estimate of drug-likeness (QED) is 0.773. The van der Waals surface area contributed by atoms with Crippen LogP contribution in [-0.4, -0.2) is 44.2 Å². The topological polar surface area (TPSA) is 69.6 Å². The van der Waals surface area contributed by atoms with Crippen molar-refractivity contribution in [2.45, 2.75) is 36.1 Å². The number of nitrogens with one attached hydrogen (secondary N) is 1. The number of aliphatic hydroxyl groups excluding tert-OH is 1. The van der Waals surface area contributed by atoms with Gasteiger partial charge in [0.25, 0.3) is 0 Å². The molecule has 1 aromatic heterocycles. The van der Waals surface area contributed by atoms with E-state index in [0.29, 0.717) is 10.6 Å². The van der Waals surface area contributed by atoms with Gasteiger partial charge in [-0.15, -0.1) is 11.3 Å². The summed E-state index contributed by atoms with van der Waals surface area (Å²) in [6.45, 7) is 2.73. The number of rotatable bonds is 7. The molecule has 2 N–H and O–H groups in total. The first kappa shape index (κ1) is 18.5. The number of sulfonamides is 1. The average Bonchev–Trinajstić information content (AvgIpc) is 3.07. The Labute approximate surface area is 153 Å². The number of aliphatic hydroxyl groups is 1. The highest BCUT2D eigenvalue weighted by Crippen LogP contribution is 2.23. The molecule has 0 aliphatic carbocycles. The van der Waals surface area contributed by atoms with Gasteiger partial charge in [0.2, 0.25) is 10.0 Å². The second kappa shape index (κ2) is 8.42. The molecule has 0 unspecified atom stereocenters. The lowest BCUT2D eigenvalue weighted by molar-refractivity contribution is 0.200. The van der Waals surface area contributed by atoms with E-state index in [1.807, 2.05) is 18.2 Å². The molecule has 0 saturated carbocycles. The maximum atomic E-state index is 12.5. The molecule has 0 spiro atoms. The number of benzene rings is 1. The molecule has 1 fully saturated rings. The number of hydrogen-bond acceptors (Lipinski definition) is 5. The molecule has 25 heavy (non-hydrogen) atoms. The van der Waals surface area contributed by atoms with E-state index in [0.717, 1.165) is 37.4 Å². The molecule has 3 rings (SSSR count). The minimum absolute atomic E-state index is 0.0135. The zero-order valence-corrected chi connectivity index (χ0v) is 15.7. The van der Waals surface area contributed by atoms with Crippen LogP contribution in [0.1, 0.15) is 23.3 Å². The third-order valence-corrected chi connectivity index (χ3v) is 7.58. The zero-order valence-electron chi connectivity index (χ0n) is 14.1. The minimum atomic E-state index is -3.47. The van der Waals surface area contributed by atoms with Gasteiger partial charge in [-0.3, -0.25) is 4.90 Å². The predicted octanol–water partition coefficient (Wildman–Crippen LogP) is 2.23. The molecule has 0 amide bonds. The van der Waals surface area contributed by atoms with E-state index in [4.69, 9.17) is 5.11 Å². The van der Waals surface area contributed by atoms with Gasteiger partial charge < -0.3 is 5.11 Å². The monoisotopic (exact) mass is 380 g/mol. The number of thiophene rings is 1. The van der Waals surface area contributed by atoms with Gasteiger partial charge in [0.05, 0.1) is 0 Å². The smallest absolute Gasteiger partial charge is 0.250 e. The highest BCUT2D eigenvalue weighted by atomic mass is 32.2. The lowest BCUT2D eigenvalue weighted by atomic mass is 10.1. The molecular weight excluding hydrogens is 356 g/mol. The van der Waals surface area contributed by atoms with Gasteiger partial charge in [-0.25, -0.2) is 13.1 Å². The standard InChI is InChI=1S/C18H24N2O3S2/c21-13-10-17-6-7-18(24-17)25(22,23)19-16-8-11-20(12-9-16)14-15-4-2-1-3-5-15/h1-7,16,19,21H,8-14H2. The van der Waals surface area contributed by atoms with Crippen LogP contribution in [0, 0.1) is 0 Å². The van der Waals surface area contributed by atoms with Crippen molar-refractivity contribution in [3.8, 4) is 0 Å². The summed E-state index contributed by atoms with van der Waals surface area (Å²) in [6, 6.07) is 13.7. The Hall–Kier alpha value is -1.25. The molecular formula is C18H24N2O3S2. The first-order valence-electron chi connectivity index (χ1n) is 8.55. The summed E-state index contributed by atoms with van der Waals surface area (Å²) in [7, 11) is -3.47. The largest absolute Gasteiger partial charge is 0.396 e. The number of hydrogen-bond donors (Lipinski definition) is 2. The maximum Gasteiger partial charge on any atom is 0.250 e. The van der Waals surface area contributed by atoms with Crippen molar-refractivity contribution in [2.75, 3.05) is 19.7 Å². The summed E-state index contributed by atoms with van der Waals surface area (Å²) in [4.78, 5) is 3.26. The van der Waals surface area contributed by atoms with E-state index >= 15 is 0 Å². The van der Waals surface area contributed by atoms with Crippen LogP contribution in [-0.2, 0) is 23.0 Å². The minimum Gasteiger partial charge on any atom is -0.396 e. The Kier molecular flexibility index (Phi) is 6.24. The van der Waals surface area contributed by atoms with Crippen LogP contribution >= 0.6 is 11.3 Å². The second-order valence-electron chi connectivity index (χ2n) is 6.35. The predicted molar refractivity (Wildman–Crippen MR) is 100 cm³/mol. The molecule has 7 heteroatoms. The summed E-state index contributed by atoms with van der Waals surface area (Å²) in [5.41, 5.74) is 1.29. The molecule has 0 radical (unpaired) electrons.